The molecule has 0 atom stereocenters. The van der Waals surface area contributed by atoms with Crippen molar-refractivity contribution in [1.82, 2.24) is 9.80 Å². The maximum absolute atomic E-state index is 12.9. The molecular weight excluding hydrogens is 348 g/mol. The van der Waals surface area contributed by atoms with Gasteiger partial charge in [0.1, 0.15) is 5.82 Å². The van der Waals surface area contributed by atoms with Gasteiger partial charge in [0.25, 0.3) is 5.91 Å². The van der Waals surface area contributed by atoms with E-state index in [1.165, 1.54) is 36.4 Å². The van der Waals surface area contributed by atoms with Gasteiger partial charge in [0.15, 0.2) is 0 Å². The number of carbonyl (C=O) groups excluding carboxylic acids is 1. The SMILES string of the molecule is O=C(c1ccc(F)cc1)N1CCN(Cc2ccc(C(F)(F)F)cc2)CC1. The molecule has 1 amide bonds. The van der Waals surface area contributed by atoms with Gasteiger partial charge in [-0.05, 0) is 42.0 Å². The minimum absolute atomic E-state index is 0.140. The third-order valence-corrected chi connectivity index (χ3v) is 4.44. The fourth-order valence-corrected chi connectivity index (χ4v) is 2.94. The van der Waals surface area contributed by atoms with Gasteiger partial charge < -0.3 is 4.90 Å². The molecule has 26 heavy (non-hydrogen) atoms. The van der Waals surface area contributed by atoms with Crippen LogP contribution >= 0.6 is 0 Å². The Bertz CT molecular complexity index is 749. The second-order valence-corrected chi connectivity index (χ2v) is 6.27. The summed E-state index contributed by atoms with van der Waals surface area (Å²) in [7, 11) is 0. The van der Waals surface area contributed by atoms with Crippen LogP contribution in [0, 0.1) is 5.82 Å². The van der Waals surface area contributed by atoms with Crippen LogP contribution in [0.3, 0.4) is 0 Å². The zero-order chi connectivity index (χ0) is 18.7. The van der Waals surface area contributed by atoms with Crippen LogP contribution in [0.5, 0.6) is 0 Å². The minimum atomic E-state index is -4.33. The molecule has 7 heteroatoms. The van der Waals surface area contributed by atoms with Gasteiger partial charge in [0.2, 0.25) is 0 Å². The molecule has 138 valence electrons. The Balaban J connectivity index is 1.53. The number of rotatable bonds is 3. The van der Waals surface area contributed by atoms with Crippen molar-refractivity contribution in [3.63, 3.8) is 0 Å². The van der Waals surface area contributed by atoms with Crippen molar-refractivity contribution in [3.8, 4) is 0 Å². The summed E-state index contributed by atoms with van der Waals surface area (Å²) in [6.07, 6.45) is -4.33. The summed E-state index contributed by atoms with van der Waals surface area (Å²) in [5, 5.41) is 0. The fraction of sp³-hybridized carbons (Fsp3) is 0.316. The average molecular weight is 366 g/mol. The molecule has 2 aromatic carbocycles. The second kappa shape index (κ2) is 7.45. The number of hydrogen-bond donors (Lipinski definition) is 0. The van der Waals surface area contributed by atoms with Crippen molar-refractivity contribution >= 4 is 5.91 Å². The molecule has 1 aliphatic rings. The van der Waals surface area contributed by atoms with Gasteiger partial charge in [-0.15, -0.1) is 0 Å². The molecule has 0 bridgehead atoms. The van der Waals surface area contributed by atoms with E-state index in [0.29, 0.717) is 38.3 Å². The van der Waals surface area contributed by atoms with Gasteiger partial charge in [-0.2, -0.15) is 13.2 Å². The van der Waals surface area contributed by atoms with Crippen molar-refractivity contribution in [1.29, 1.82) is 0 Å². The van der Waals surface area contributed by atoms with Gasteiger partial charge in [-0.1, -0.05) is 12.1 Å². The lowest BCUT2D eigenvalue weighted by Crippen LogP contribution is -2.48. The van der Waals surface area contributed by atoms with E-state index in [1.54, 1.807) is 4.90 Å². The molecule has 1 aliphatic heterocycles. The van der Waals surface area contributed by atoms with Crippen LogP contribution in [-0.4, -0.2) is 41.9 Å². The summed E-state index contributed by atoms with van der Waals surface area (Å²) in [4.78, 5) is 16.2. The Morgan fingerprint density at radius 3 is 2.00 bits per heavy atom. The highest BCUT2D eigenvalue weighted by Crippen LogP contribution is 2.29. The lowest BCUT2D eigenvalue weighted by atomic mass is 10.1. The van der Waals surface area contributed by atoms with Crippen LogP contribution in [0.2, 0.25) is 0 Å². The van der Waals surface area contributed by atoms with Crippen molar-refractivity contribution < 1.29 is 22.4 Å². The number of nitrogens with zero attached hydrogens (tertiary/aromatic N) is 2. The van der Waals surface area contributed by atoms with Crippen molar-refractivity contribution in [2.24, 2.45) is 0 Å². The zero-order valence-corrected chi connectivity index (χ0v) is 14.0. The lowest BCUT2D eigenvalue weighted by Gasteiger charge is -2.34. The third-order valence-electron chi connectivity index (χ3n) is 4.44. The topological polar surface area (TPSA) is 23.6 Å². The van der Waals surface area contributed by atoms with Crippen LogP contribution in [0.1, 0.15) is 21.5 Å². The molecule has 2 aromatic rings. The van der Waals surface area contributed by atoms with Gasteiger partial charge in [-0.25, -0.2) is 4.39 Å². The first-order valence-corrected chi connectivity index (χ1v) is 8.26. The summed E-state index contributed by atoms with van der Waals surface area (Å²) in [6, 6.07) is 10.6. The quantitative estimate of drug-likeness (QED) is 0.772. The third kappa shape index (κ3) is 4.40. The molecule has 0 aliphatic carbocycles. The Hall–Kier alpha value is -2.41. The largest absolute Gasteiger partial charge is 0.416 e. The van der Waals surface area contributed by atoms with E-state index >= 15 is 0 Å². The lowest BCUT2D eigenvalue weighted by molar-refractivity contribution is -0.137. The van der Waals surface area contributed by atoms with Gasteiger partial charge >= 0.3 is 6.18 Å². The summed E-state index contributed by atoms with van der Waals surface area (Å²) < 4.78 is 50.7. The van der Waals surface area contributed by atoms with Crippen LogP contribution < -0.4 is 0 Å². The second-order valence-electron chi connectivity index (χ2n) is 6.27. The highest BCUT2D eigenvalue weighted by atomic mass is 19.4. The number of amides is 1. The van der Waals surface area contributed by atoms with Crippen molar-refractivity contribution in [2.45, 2.75) is 12.7 Å². The van der Waals surface area contributed by atoms with E-state index in [0.717, 1.165) is 17.7 Å². The number of benzene rings is 2. The summed E-state index contributed by atoms with van der Waals surface area (Å²) in [5.41, 5.74) is 0.592. The summed E-state index contributed by atoms with van der Waals surface area (Å²) >= 11 is 0. The van der Waals surface area contributed by atoms with Crippen LogP contribution in [0.4, 0.5) is 17.6 Å². The monoisotopic (exact) mass is 366 g/mol. The van der Waals surface area contributed by atoms with Gasteiger partial charge in [0, 0.05) is 38.3 Å². The Morgan fingerprint density at radius 2 is 1.46 bits per heavy atom. The predicted molar refractivity (Wildman–Crippen MR) is 89.0 cm³/mol. The van der Waals surface area contributed by atoms with Crippen LogP contribution in [0.25, 0.3) is 0 Å². The Morgan fingerprint density at radius 1 is 0.885 bits per heavy atom. The molecule has 0 saturated carbocycles. The molecule has 0 N–H and O–H groups in total. The van der Waals surface area contributed by atoms with Crippen LogP contribution in [0.15, 0.2) is 48.5 Å². The number of alkyl halides is 3. The predicted octanol–water partition coefficient (Wildman–Crippen LogP) is 3.80. The summed E-state index contributed by atoms with van der Waals surface area (Å²) in [5.74, 6) is -0.526. The van der Waals surface area contributed by atoms with E-state index in [1.807, 2.05) is 0 Å². The number of halogens is 4. The minimum Gasteiger partial charge on any atom is -0.336 e. The fourth-order valence-electron chi connectivity index (χ4n) is 2.94. The first-order chi connectivity index (χ1) is 12.3. The number of hydrogen-bond acceptors (Lipinski definition) is 2. The van der Waals surface area contributed by atoms with Crippen molar-refractivity contribution in [2.75, 3.05) is 26.2 Å². The molecule has 1 fully saturated rings. The normalized spacial score (nSPS) is 15.9. The van der Waals surface area contributed by atoms with Crippen LogP contribution in [-0.2, 0) is 12.7 Å². The van der Waals surface area contributed by atoms with E-state index in [-0.39, 0.29) is 11.7 Å². The number of carbonyl (C=O) groups is 1. The van der Waals surface area contributed by atoms with E-state index < -0.39 is 11.7 Å². The molecule has 1 heterocycles. The van der Waals surface area contributed by atoms with Gasteiger partial charge in [-0.3, -0.25) is 9.69 Å². The standard InChI is InChI=1S/C19H18F4N2O/c20-17-7-3-15(4-8-17)18(26)25-11-9-24(10-12-25)13-14-1-5-16(6-2-14)19(21,22)23/h1-8H,9-13H2. The molecule has 0 aromatic heterocycles. The zero-order valence-electron chi connectivity index (χ0n) is 14.0. The van der Waals surface area contributed by atoms with E-state index in [2.05, 4.69) is 4.90 Å². The molecule has 0 unspecified atom stereocenters. The maximum Gasteiger partial charge on any atom is 0.416 e. The average Bonchev–Trinajstić information content (AvgIpc) is 2.62. The summed E-state index contributed by atoms with van der Waals surface area (Å²) in [6.45, 7) is 2.85. The van der Waals surface area contributed by atoms with Crippen molar-refractivity contribution in [3.05, 3.63) is 71.0 Å². The first-order valence-electron chi connectivity index (χ1n) is 8.26. The smallest absolute Gasteiger partial charge is 0.336 e. The molecular formula is C19H18F4N2O. The van der Waals surface area contributed by atoms with E-state index in [9.17, 15) is 22.4 Å². The molecule has 0 radical (unpaired) electrons. The molecule has 3 nitrogen and oxygen atoms in total. The Kier molecular flexibility index (Phi) is 5.27. The maximum atomic E-state index is 12.9. The Labute approximate surface area is 148 Å². The highest BCUT2D eigenvalue weighted by molar-refractivity contribution is 5.94. The number of piperazine rings is 1. The molecule has 3 rings (SSSR count). The molecule has 0 spiro atoms. The van der Waals surface area contributed by atoms with E-state index in [4.69, 9.17) is 0 Å². The molecule has 1 saturated heterocycles. The first kappa shape index (κ1) is 18.4. The van der Waals surface area contributed by atoms with Gasteiger partial charge in [0.05, 0.1) is 5.56 Å². The highest BCUT2D eigenvalue weighted by Gasteiger charge is 2.30.